The lowest BCUT2D eigenvalue weighted by molar-refractivity contribution is -0.153. The molecule has 2 heterocycles. The van der Waals surface area contributed by atoms with Crippen molar-refractivity contribution in [1.82, 2.24) is 14.0 Å². The van der Waals surface area contributed by atoms with Crippen molar-refractivity contribution >= 4 is 18.1 Å². The van der Waals surface area contributed by atoms with E-state index in [9.17, 15) is 22.8 Å². The van der Waals surface area contributed by atoms with Crippen molar-refractivity contribution < 1.29 is 17.9 Å². The summed E-state index contributed by atoms with van der Waals surface area (Å²) < 4.78 is 45.9. The lowest BCUT2D eigenvalue weighted by Gasteiger charge is -2.36. The highest BCUT2D eigenvalue weighted by Gasteiger charge is 2.29. The van der Waals surface area contributed by atoms with Crippen LogP contribution in [-0.4, -0.2) is 59.5 Å². The molecule has 0 saturated carbocycles. The fourth-order valence-electron chi connectivity index (χ4n) is 4.98. The summed E-state index contributed by atoms with van der Waals surface area (Å²) in [5.41, 5.74) is 3.89. The molecule has 0 N–H and O–H groups in total. The molecule has 1 saturated heterocycles. The first-order valence-corrected chi connectivity index (χ1v) is 13.1. The number of alkyl halides is 3. The van der Waals surface area contributed by atoms with Gasteiger partial charge in [0.25, 0.3) is 5.56 Å². The van der Waals surface area contributed by atoms with Gasteiger partial charge in [0.2, 0.25) is 0 Å². The number of ether oxygens (including phenoxy) is 1. The van der Waals surface area contributed by atoms with Gasteiger partial charge in [0.15, 0.2) is 6.61 Å². The maximum atomic E-state index is 13.2. The zero-order valence-electron chi connectivity index (χ0n) is 23.0. The number of aromatic nitrogens is 2. The minimum Gasteiger partial charge on any atom is -0.482 e. The van der Waals surface area contributed by atoms with Crippen LogP contribution >= 0.6 is 12.4 Å². The summed E-state index contributed by atoms with van der Waals surface area (Å²) in [5, 5.41) is 0. The summed E-state index contributed by atoms with van der Waals surface area (Å²) in [6.45, 7) is 8.59. The molecule has 2 aromatic carbocycles. The van der Waals surface area contributed by atoms with Gasteiger partial charge in [0, 0.05) is 44.5 Å². The van der Waals surface area contributed by atoms with Gasteiger partial charge in [0.1, 0.15) is 5.75 Å². The summed E-state index contributed by atoms with van der Waals surface area (Å²) >= 11 is 0. The molecule has 40 heavy (non-hydrogen) atoms. The normalized spacial score (nSPS) is 14.2. The van der Waals surface area contributed by atoms with Gasteiger partial charge in [-0.1, -0.05) is 35.9 Å². The Balaban J connectivity index is 0.00000441. The third-order valence-corrected chi connectivity index (χ3v) is 7.07. The minimum absolute atomic E-state index is 0. The first-order valence-electron chi connectivity index (χ1n) is 13.1. The molecule has 3 aromatic rings. The molecule has 1 fully saturated rings. The number of rotatable bonds is 9. The summed E-state index contributed by atoms with van der Waals surface area (Å²) in [6.07, 6.45) is -2.13. The van der Waals surface area contributed by atoms with Gasteiger partial charge in [-0.2, -0.15) is 13.2 Å². The van der Waals surface area contributed by atoms with E-state index in [-0.39, 0.29) is 29.4 Å². The standard InChI is InChI=1S/C29H35F3N4O3.ClH/c1-21-9-10-24(22(2)17-21)19-35-18-23(3)27(37)36(28(35)38)12-6-11-33-13-15-34(16-14-33)25-7-4-5-8-26(25)39-20-29(30,31)32;/h4-5,7-10,17-18H,6,11-16,19-20H2,1-3H3;1H. The van der Waals surface area contributed by atoms with E-state index in [1.165, 1.54) is 4.57 Å². The number of anilines is 1. The Morgan fingerprint density at radius 2 is 1.60 bits per heavy atom. The van der Waals surface area contributed by atoms with Crippen LogP contribution in [0.15, 0.2) is 58.3 Å². The Labute approximate surface area is 238 Å². The summed E-state index contributed by atoms with van der Waals surface area (Å²) in [6, 6.07) is 12.9. The van der Waals surface area contributed by atoms with E-state index in [0.717, 1.165) is 16.7 Å². The van der Waals surface area contributed by atoms with Crippen molar-refractivity contribution in [2.45, 2.75) is 46.5 Å². The molecule has 0 aliphatic carbocycles. The highest BCUT2D eigenvalue weighted by molar-refractivity contribution is 5.85. The SMILES string of the molecule is Cc1ccc(Cn2cc(C)c(=O)n(CCCN3CCN(c4ccccc4OCC(F)(F)F)CC3)c2=O)c(C)c1.Cl. The van der Waals surface area contributed by atoms with Crippen molar-refractivity contribution in [1.29, 1.82) is 0 Å². The number of aryl methyl sites for hydroxylation is 3. The van der Waals surface area contributed by atoms with Crippen molar-refractivity contribution in [2.75, 3.05) is 44.2 Å². The van der Waals surface area contributed by atoms with E-state index in [0.29, 0.717) is 63.5 Å². The van der Waals surface area contributed by atoms with Gasteiger partial charge < -0.3 is 9.64 Å². The fraction of sp³-hybridized carbons (Fsp3) is 0.448. The Kier molecular flexibility index (Phi) is 10.5. The Morgan fingerprint density at radius 3 is 2.27 bits per heavy atom. The highest BCUT2D eigenvalue weighted by atomic mass is 35.5. The lowest BCUT2D eigenvalue weighted by Crippen LogP contribution is -2.47. The Morgan fingerprint density at radius 1 is 0.900 bits per heavy atom. The highest BCUT2D eigenvalue weighted by Crippen LogP contribution is 2.30. The largest absolute Gasteiger partial charge is 0.482 e. The molecule has 1 aliphatic heterocycles. The molecule has 4 rings (SSSR count). The number of hydrogen-bond donors (Lipinski definition) is 0. The van der Waals surface area contributed by atoms with Gasteiger partial charge >= 0.3 is 11.9 Å². The van der Waals surface area contributed by atoms with Gasteiger partial charge in [-0.15, -0.1) is 12.4 Å². The number of hydrogen-bond acceptors (Lipinski definition) is 5. The van der Waals surface area contributed by atoms with Crippen LogP contribution in [0.3, 0.4) is 0 Å². The van der Waals surface area contributed by atoms with Crippen molar-refractivity contribution in [2.24, 2.45) is 0 Å². The quantitative estimate of drug-likeness (QED) is 0.371. The first-order chi connectivity index (χ1) is 18.5. The van der Waals surface area contributed by atoms with Crippen molar-refractivity contribution in [3.63, 3.8) is 0 Å². The number of para-hydroxylation sites is 2. The van der Waals surface area contributed by atoms with E-state index in [4.69, 9.17) is 4.74 Å². The van der Waals surface area contributed by atoms with Crippen LogP contribution in [0.2, 0.25) is 0 Å². The van der Waals surface area contributed by atoms with Gasteiger partial charge in [-0.25, -0.2) is 4.79 Å². The molecule has 1 aliphatic rings. The predicted molar refractivity (Wildman–Crippen MR) is 153 cm³/mol. The van der Waals surface area contributed by atoms with Crippen LogP contribution < -0.4 is 20.9 Å². The lowest BCUT2D eigenvalue weighted by atomic mass is 10.1. The third-order valence-electron chi connectivity index (χ3n) is 7.07. The van der Waals surface area contributed by atoms with Crippen LogP contribution in [0.5, 0.6) is 5.75 Å². The molecule has 218 valence electrons. The smallest absolute Gasteiger partial charge is 0.422 e. The average Bonchev–Trinajstić information content (AvgIpc) is 2.89. The van der Waals surface area contributed by atoms with Crippen LogP contribution in [0.4, 0.5) is 18.9 Å². The van der Waals surface area contributed by atoms with Crippen LogP contribution in [0.1, 0.15) is 28.7 Å². The summed E-state index contributed by atoms with van der Waals surface area (Å²) in [4.78, 5) is 30.2. The molecular weight excluding hydrogens is 545 g/mol. The Bertz CT molecular complexity index is 1410. The monoisotopic (exact) mass is 580 g/mol. The maximum Gasteiger partial charge on any atom is 0.422 e. The summed E-state index contributed by atoms with van der Waals surface area (Å²) in [5.74, 6) is 0.221. The number of halogens is 4. The second kappa shape index (κ2) is 13.4. The van der Waals surface area contributed by atoms with E-state index in [1.807, 2.05) is 30.9 Å². The van der Waals surface area contributed by atoms with E-state index >= 15 is 0 Å². The Hall–Kier alpha value is -3.24. The zero-order chi connectivity index (χ0) is 28.2. The number of nitrogens with zero attached hydrogens (tertiary/aromatic N) is 4. The molecule has 0 spiro atoms. The molecule has 11 heteroatoms. The molecule has 0 amide bonds. The third kappa shape index (κ3) is 7.91. The number of benzene rings is 2. The molecular formula is C29H36ClF3N4O3. The van der Waals surface area contributed by atoms with E-state index in [2.05, 4.69) is 11.0 Å². The van der Waals surface area contributed by atoms with Crippen molar-refractivity contribution in [3.05, 3.63) is 91.8 Å². The molecule has 0 bridgehead atoms. The van der Waals surface area contributed by atoms with E-state index < -0.39 is 12.8 Å². The number of piperazine rings is 1. The molecule has 0 atom stereocenters. The van der Waals surface area contributed by atoms with E-state index in [1.54, 1.807) is 42.0 Å². The van der Waals surface area contributed by atoms with Gasteiger partial charge in [-0.3, -0.25) is 18.8 Å². The molecule has 0 radical (unpaired) electrons. The maximum absolute atomic E-state index is 13.2. The zero-order valence-corrected chi connectivity index (χ0v) is 23.9. The molecule has 0 unspecified atom stereocenters. The second-order valence-electron chi connectivity index (χ2n) is 10.2. The average molecular weight is 581 g/mol. The molecule has 1 aromatic heterocycles. The van der Waals surface area contributed by atoms with Gasteiger partial charge in [0.05, 0.1) is 12.2 Å². The van der Waals surface area contributed by atoms with Gasteiger partial charge in [-0.05, 0) is 57.0 Å². The summed E-state index contributed by atoms with van der Waals surface area (Å²) in [7, 11) is 0. The fourth-order valence-corrected chi connectivity index (χ4v) is 4.98. The minimum atomic E-state index is -4.39. The second-order valence-corrected chi connectivity index (χ2v) is 10.2. The van der Waals surface area contributed by atoms with Crippen LogP contribution in [-0.2, 0) is 13.1 Å². The predicted octanol–water partition coefficient (Wildman–Crippen LogP) is 4.56. The molecule has 7 nitrogen and oxygen atoms in total. The van der Waals surface area contributed by atoms with Crippen LogP contribution in [0.25, 0.3) is 0 Å². The topological polar surface area (TPSA) is 59.7 Å². The first kappa shape index (κ1) is 31.3. The van der Waals surface area contributed by atoms with Crippen molar-refractivity contribution in [3.8, 4) is 5.75 Å². The van der Waals surface area contributed by atoms with Crippen LogP contribution in [0, 0.1) is 20.8 Å².